The summed E-state index contributed by atoms with van der Waals surface area (Å²) >= 11 is 3.12. The Balaban J connectivity index is 1.88. The molecule has 0 spiro atoms. The van der Waals surface area contributed by atoms with Crippen molar-refractivity contribution in [2.24, 2.45) is 0 Å². The van der Waals surface area contributed by atoms with Gasteiger partial charge >= 0.3 is 0 Å². The van der Waals surface area contributed by atoms with Gasteiger partial charge in [0.1, 0.15) is 10.5 Å². The molecule has 0 aliphatic rings. The minimum Gasteiger partial charge on any atom is -0.309 e. The lowest BCUT2D eigenvalue weighted by molar-refractivity contribution is 0.696. The Hall–Kier alpha value is -1.29. The molecular formula is C12H13N3OS2. The van der Waals surface area contributed by atoms with E-state index < -0.39 is 0 Å². The molecule has 94 valence electrons. The number of thiophene rings is 1. The first-order chi connectivity index (χ1) is 8.81. The Morgan fingerprint density at radius 3 is 3.33 bits per heavy atom. The summed E-state index contributed by atoms with van der Waals surface area (Å²) in [6.07, 6.45) is 5.15. The molecule has 0 aromatic carbocycles. The van der Waals surface area contributed by atoms with Crippen LogP contribution in [0, 0.1) is 12.3 Å². The minimum absolute atomic E-state index is 0.0616. The molecule has 6 heteroatoms. The molecule has 2 heterocycles. The third-order valence-electron chi connectivity index (χ3n) is 2.26. The van der Waals surface area contributed by atoms with Crippen molar-refractivity contribution in [1.82, 2.24) is 15.3 Å². The SMILES string of the molecule is C#CCSCCNCc1nc2ccsc2c(=O)[nH]1. The molecule has 0 amide bonds. The van der Waals surface area contributed by atoms with Crippen molar-refractivity contribution in [3.63, 3.8) is 0 Å². The number of terminal acetylenes is 1. The van der Waals surface area contributed by atoms with Gasteiger partial charge in [-0.1, -0.05) is 5.92 Å². The number of hydrogen-bond donors (Lipinski definition) is 2. The number of hydrogen-bond acceptors (Lipinski definition) is 5. The maximum atomic E-state index is 11.7. The predicted octanol–water partition coefficient (Wildman–Crippen LogP) is 1.44. The van der Waals surface area contributed by atoms with Crippen LogP contribution in [0.25, 0.3) is 10.2 Å². The van der Waals surface area contributed by atoms with Crippen LogP contribution < -0.4 is 10.9 Å². The van der Waals surface area contributed by atoms with E-state index >= 15 is 0 Å². The molecule has 0 saturated heterocycles. The molecule has 0 aliphatic heterocycles. The van der Waals surface area contributed by atoms with Crippen molar-refractivity contribution in [2.45, 2.75) is 6.54 Å². The highest BCUT2D eigenvalue weighted by Crippen LogP contribution is 2.13. The number of nitrogens with one attached hydrogen (secondary N) is 2. The zero-order valence-electron chi connectivity index (χ0n) is 9.73. The molecular weight excluding hydrogens is 266 g/mol. The number of H-pyrrole nitrogens is 1. The monoisotopic (exact) mass is 279 g/mol. The van der Waals surface area contributed by atoms with E-state index in [2.05, 4.69) is 21.2 Å². The number of aromatic amines is 1. The van der Waals surface area contributed by atoms with Gasteiger partial charge in [-0.15, -0.1) is 29.5 Å². The number of thioether (sulfide) groups is 1. The summed E-state index contributed by atoms with van der Waals surface area (Å²) < 4.78 is 0.684. The molecule has 0 unspecified atom stereocenters. The van der Waals surface area contributed by atoms with E-state index in [4.69, 9.17) is 6.42 Å². The topological polar surface area (TPSA) is 57.8 Å². The Labute approximate surface area is 113 Å². The normalized spacial score (nSPS) is 10.6. The Morgan fingerprint density at radius 2 is 2.50 bits per heavy atom. The Bertz CT molecular complexity index is 612. The number of aromatic nitrogens is 2. The summed E-state index contributed by atoms with van der Waals surface area (Å²) in [5.74, 6) is 4.94. The van der Waals surface area contributed by atoms with Crippen molar-refractivity contribution < 1.29 is 0 Å². The molecule has 0 radical (unpaired) electrons. The average Bonchev–Trinajstić information content (AvgIpc) is 2.82. The van der Waals surface area contributed by atoms with E-state index in [1.54, 1.807) is 11.8 Å². The zero-order valence-corrected chi connectivity index (χ0v) is 11.4. The van der Waals surface area contributed by atoms with Gasteiger partial charge in [0.25, 0.3) is 5.56 Å². The van der Waals surface area contributed by atoms with Crippen LogP contribution in [-0.4, -0.2) is 28.0 Å². The molecule has 0 fully saturated rings. The van der Waals surface area contributed by atoms with Crippen molar-refractivity contribution in [2.75, 3.05) is 18.1 Å². The van der Waals surface area contributed by atoms with Crippen molar-refractivity contribution in [3.05, 3.63) is 27.6 Å². The fraction of sp³-hybridized carbons (Fsp3) is 0.333. The molecule has 2 aromatic rings. The lowest BCUT2D eigenvalue weighted by Gasteiger charge is -2.03. The molecule has 0 saturated carbocycles. The Morgan fingerprint density at radius 1 is 1.61 bits per heavy atom. The highest BCUT2D eigenvalue weighted by molar-refractivity contribution is 7.99. The van der Waals surface area contributed by atoms with Gasteiger partial charge in [-0.25, -0.2) is 4.98 Å². The smallest absolute Gasteiger partial charge is 0.268 e. The van der Waals surface area contributed by atoms with E-state index in [1.165, 1.54) is 11.3 Å². The maximum absolute atomic E-state index is 11.7. The van der Waals surface area contributed by atoms with Gasteiger partial charge in [-0.05, 0) is 11.4 Å². The molecule has 4 nitrogen and oxygen atoms in total. The molecule has 2 aromatic heterocycles. The van der Waals surface area contributed by atoms with E-state index in [1.807, 2.05) is 11.4 Å². The van der Waals surface area contributed by atoms with Crippen LogP contribution in [-0.2, 0) is 6.54 Å². The van der Waals surface area contributed by atoms with Crippen LogP contribution in [0.5, 0.6) is 0 Å². The van der Waals surface area contributed by atoms with Crippen LogP contribution >= 0.6 is 23.1 Å². The zero-order chi connectivity index (χ0) is 12.8. The van der Waals surface area contributed by atoms with Gasteiger partial charge in [0.2, 0.25) is 0 Å². The van der Waals surface area contributed by atoms with Crippen molar-refractivity contribution >= 4 is 33.3 Å². The van der Waals surface area contributed by atoms with Crippen LogP contribution in [0.15, 0.2) is 16.2 Å². The lowest BCUT2D eigenvalue weighted by Crippen LogP contribution is -2.21. The van der Waals surface area contributed by atoms with E-state index in [0.717, 1.165) is 23.6 Å². The van der Waals surface area contributed by atoms with E-state index in [9.17, 15) is 4.79 Å². The first-order valence-electron chi connectivity index (χ1n) is 5.49. The quantitative estimate of drug-likeness (QED) is 0.620. The summed E-state index contributed by atoms with van der Waals surface area (Å²) in [5.41, 5.74) is 0.704. The summed E-state index contributed by atoms with van der Waals surface area (Å²) in [7, 11) is 0. The standard InChI is InChI=1S/C12H13N3OS2/c1-2-5-17-7-4-13-8-10-14-9-3-6-18-11(9)12(16)15-10/h1,3,6,13H,4-5,7-8H2,(H,14,15,16). The van der Waals surface area contributed by atoms with Gasteiger partial charge in [0, 0.05) is 12.3 Å². The second kappa shape index (κ2) is 6.59. The Kier molecular flexibility index (Phi) is 4.81. The van der Waals surface area contributed by atoms with Crippen LogP contribution in [0.3, 0.4) is 0 Å². The van der Waals surface area contributed by atoms with Gasteiger partial charge in [-0.3, -0.25) is 4.79 Å². The first-order valence-corrected chi connectivity index (χ1v) is 7.53. The number of fused-ring (bicyclic) bond motifs is 1. The summed E-state index contributed by atoms with van der Waals surface area (Å²) in [5, 5.41) is 5.10. The molecule has 2 rings (SSSR count). The van der Waals surface area contributed by atoms with Gasteiger partial charge in [-0.2, -0.15) is 0 Å². The highest BCUT2D eigenvalue weighted by atomic mass is 32.2. The molecule has 18 heavy (non-hydrogen) atoms. The highest BCUT2D eigenvalue weighted by Gasteiger charge is 2.04. The fourth-order valence-corrected chi connectivity index (χ4v) is 2.76. The van der Waals surface area contributed by atoms with Crippen LogP contribution in [0.1, 0.15) is 5.82 Å². The molecule has 0 aliphatic carbocycles. The lowest BCUT2D eigenvalue weighted by atomic mass is 10.4. The van der Waals surface area contributed by atoms with E-state index in [0.29, 0.717) is 17.1 Å². The van der Waals surface area contributed by atoms with E-state index in [-0.39, 0.29) is 5.56 Å². The van der Waals surface area contributed by atoms with Crippen molar-refractivity contribution in [1.29, 1.82) is 0 Å². The summed E-state index contributed by atoms with van der Waals surface area (Å²) in [6.45, 7) is 1.41. The van der Waals surface area contributed by atoms with Crippen LogP contribution in [0.4, 0.5) is 0 Å². The summed E-state index contributed by atoms with van der Waals surface area (Å²) in [6, 6.07) is 1.86. The fourth-order valence-electron chi connectivity index (χ4n) is 1.49. The van der Waals surface area contributed by atoms with Gasteiger partial charge in [0.05, 0.1) is 17.8 Å². The average molecular weight is 279 g/mol. The second-order valence-corrected chi connectivity index (χ2v) is 5.60. The number of rotatable bonds is 6. The van der Waals surface area contributed by atoms with Gasteiger partial charge in [0.15, 0.2) is 0 Å². The third kappa shape index (κ3) is 3.35. The van der Waals surface area contributed by atoms with Gasteiger partial charge < -0.3 is 10.3 Å². The molecule has 0 atom stereocenters. The molecule has 0 bridgehead atoms. The minimum atomic E-state index is -0.0616. The number of nitrogens with zero attached hydrogens (tertiary/aromatic N) is 1. The summed E-state index contributed by atoms with van der Waals surface area (Å²) in [4.78, 5) is 18.9. The van der Waals surface area contributed by atoms with Crippen molar-refractivity contribution in [3.8, 4) is 12.3 Å². The van der Waals surface area contributed by atoms with Crippen LogP contribution in [0.2, 0.25) is 0 Å². The predicted molar refractivity (Wildman–Crippen MR) is 78.1 cm³/mol. The first kappa shape index (κ1) is 13.1. The largest absolute Gasteiger partial charge is 0.309 e. The second-order valence-electron chi connectivity index (χ2n) is 3.58. The third-order valence-corrected chi connectivity index (χ3v) is 4.03. The maximum Gasteiger partial charge on any atom is 0.268 e. The molecule has 2 N–H and O–H groups in total.